The van der Waals surface area contributed by atoms with Crippen molar-refractivity contribution in [3.05, 3.63) is 68.2 Å². The molecule has 1 N–H and O–H groups in total. The normalized spacial score (nSPS) is 21.4. The van der Waals surface area contributed by atoms with Gasteiger partial charge < -0.3 is 10.2 Å². The monoisotopic (exact) mass is 491 g/mol. The summed E-state index contributed by atoms with van der Waals surface area (Å²) in [6.07, 6.45) is 0.391. The average molecular weight is 492 g/mol. The predicted molar refractivity (Wildman–Crippen MR) is 126 cm³/mol. The number of carbonyl (C=O) groups is 2. The molecule has 9 nitrogen and oxygen atoms in total. The molecule has 11 heteroatoms. The number of anilines is 1. The lowest BCUT2D eigenvalue weighted by Gasteiger charge is -2.37. The van der Waals surface area contributed by atoms with E-state index in [1.54, 1.807) is 36.4 Å². The number of nitrogens with one attached hydrogen (secondary N) is 1. The summed E-state index contributed by atoms with van der Waals surface area (Å²) < 4.78 is 0. The quantitative estimate of drug-likeness (QED) is 0.374. The van der Waals surface area contributed by atoms with Gasteiger partial charge in [-0.05, 0) is 36.2 Å². The molecule has 1 unspecified atom stereocenters. The van der Waals surface area contributed by atoms with Gasteiger partial charge in [0.1, 0.15) is 11.2 Å². The Hall–Kier alpha value is -2.88. The molecule has 2 heterocycles. The number of piperazine rings is 1. The molecule has 1 atom stereocenters. The van der Waals surface area contributed by atoms with E-state index in [4.69, 9.17) is 23.2 Å². The van der Waals surface area contributed by atoms with Crippen LogP contribution in [0.2, 0.25) is 10.0 Å². The third-order valence-electron chi connectivity index (χ3n) is 6.21. The number of nitro groups is 1. The van der Waals surface area contributed by atoms with Crippen molar-refractivity contribution in [3.63, 3.8) is 0 Å². The minimum Gasteiger partial charge on any atom is -0.363 e. The fourth-order valence-electron chi connectivity index (χ4n) is 4.39. The van der Waals surface area contributed by atoms with Gasteiger partial charge in [-0.3, -0.25) is 19.8 Å². The van der Waals surface area contributed by atoms with Gasteiger partial charge in [0.05, 0.1) is 11.6 Å². The molecule has 0 bridgehead atoms. The lowest BCUT2D eigenvalue weighted by Crippen LogP contribution is -2.52. The van der Waals surface area contributed by atoms with Crippen molar-refractivity contribution in [3.8, 4) is 0 Å². The lowest BCUT2D eigenvalue weighted by atomic mass is 9.87. The fraction of sp³-hybridized carbons (Fsp3) is 0.364. The second-order valence-corrected chi connectivity index (χ2v) is 8.94. The highest BCUT2D eigenvalue weighted by Gasteiger charge is 2.51. The number of hydrogen-bond acceptors (Lipinski definition) is 6. The number of urea groups is 1. The summed E-state index contributed by atoms with van der Waals surface area (Å²) in [4.78, 5) is 42.2. The van der Waals surface area contributed by atoms with Crippen molar-refractivity contribution in [2.45, 2.75) is 18.9 Å². The Kier molecular flexibility index (Phi) is 6.47. The van der Waals surface area contributed by atoms with Crippen LogP contribution in [0.15, 0.2) is 42.5 Å². The van der Waals surface area contributed by atoms with Crippen molar-refractivity contribution < 1.29 is 14.5 Å². The maximum atomic E-state index is 13.4. The molecular formula is C22H23Cl2N5O4. The number of nitro benzene ring substituents is 1. The second-order valence-electron chi connectivity index (χ2n) is 8.07. The smallest absolute Gasteiger partial charge is 0.326 e. The van der Waals surface area contributed by atoms with Crippen LogP contribution < -0.4 is 10.2 Å². The third-order valence-corrected chi connectivity index (χ3v) is 6.68. The number of imide groups is 1. The Balaban J connectivity index is 1.45. The van der Waals surface area contributed by atoms with E-state index >= 15 is 0 Å². The van der Waals surface area contributed by atoms with Crippen LogP contribution in [-0.4, -0.2) is 59.5 Å². The summed E-state index contributed by atoms with van der Waals surface area (Å²) >= 11 is 12.0. The molecule has 4 rings (SSSR count). The Morgan fingerprint density at radius 1 is 1.06 bits per heavy atom. The molecule has 3 amide bonds. The Morgan fingerprint density at radius 3 is 2.39 bits per heavy atom. The van der Waals surface area contributed by atoms with Crippen molar-refractivity contribution in [2.24, 2.45) is 0 Å². The van der Waals surface area contributed by atoms with Crippen LogP contribution in [0.5, 0.6) is 0 Å². The van der Waals surface area contributed by atoms with Crippen LogP contribution in [0.3, 0.4) is 0 Å². The van der Waals surface area contributed by atoms with E-state index in [1.165, 1.54) is 11.0 Å². The minimum atomic E-state index is -1.15. The van der Waals surface area contributed by atoms with Gasteiger partial charge in [-0.25, -0.2) is 9.69 Å². The number of nitrogens with zero attached hydrogens (tertiary/aromatic N) is 4. The Morgan fingerprint density at radius 2 is 1.76 bits per heavy atom. The van der Waals surface area contributed by atoms with Crippen LogP contribution in [0.25, 0.3) is 0 Å². The van der Waals surface area contributed by atoms with Crippen LogP contribution >= 0.6 is 23.2 Å². The van der Waals surface area contributed by atoms with Crippen molar-refractivity contribution >= 4 is 46.5 Å². The lowest BCUT2D eigenvalue weighted by molar-refractivity contribution is -0.384. The van der Waals surface area contributed by atoms with E-state index in [-0.39, 0.29) is 18.3 Å². The minimum absolute atomic E-state index is 0.0423. The Labute approximate surface area is 201 Å². The zero-order valence-electron chi connectivity index (χ0n) is 18.0. The molecule has 2 fully saturated rings. The van der Waals surface area contributed by atoms with Gasteiger partial charge in [-0.1, -0.05) is 42.3 Å². The van der Waals surface area contributed by atoms with Gasteiger partial charge in [0.15, 0.2) is 0 Å². The van der Waals surface area contributed by atoms with Gasteiger partial charge in [-0.2, -0.15) is 0 Å². The van der Waals surface area contributed by atoms with Crippen LogP contribution in [0.4, 0.5) is 16.2 Å². The van der Waals surface area contributed by atoms with Gasteiger partial charge in [0, 0.05) is 42.3 Å². The van der Waals surface area contributed by atoms with E-state index in [1.807, 2.05) is 16.7 Å². The first-order chi connectivity index (χ1) is 15.7. The zero-order valence-corrected chi connectivity index (χ0v) is 19.5. The van der Waals surface area contributed by atoms with E-state index in [0.29, 0.717) is 53.9 Å². The SMILES string of the molecule is CCC1(c2cccc(Cl)c2)NC(=O)N(CN2CCN(c3ccc(Cl)cc3[N+](=O)[O-])CC2)C1=O. The first-order valence-corrected chi connectivity index (χ1v) is 11.3. The van der Waals surface area contributed by atoms with E-state index in [0.717, 1.165) is 0 Å². The largest absolute Gasteiger partial charge is 0.363 e. The number of halogens is 2. The summed E-state index contributed by atoms with van der Waals surface area (Å²) in [6, 6.07) is 11.1. The highest BCUT2D eigenvalue weighted by Crippen LogP contribution is 2.34. The summed E-state index contributed by atoms with van der Waals surface area (Å²) in [7, 11) is 0. The van der Waals surface area contributed by atoms with Gasteiger partial charge in [0.25, 0.3) is 11.6 Å². The zero-order chi connectivity index (χ0) is 23.8. The summed E-state index contributed by atoms with van der Waals surface area (Å²) in [5, 5.41) is 15.1. The van der Waals surface area contributed by atoms with Crippen molar-refractivity contribution in [1.29, 1.82) is 0 Å². The molecule has 0 aliphatic carbocycles. The topological polar surface area (TPSA) is 99.0 Å². The molecule has 2 aromatic rings. The molecule has 33 heavy (non-hydrogen) atoms. The fourth-order valence-corrected chi connectivity index (χ4v) is 4.74. The van der Waals surface area contributed by atoms with E-state index < -0.39 is 16.5 Å². The molecule has 2 aromatic carbocycles. The number of rotatable bonds is 6. The summed E-state index contributed by atoms with van der Waals surface area (Å²) in [5.74, 6) is -0.312. The average Bonchev–Trinajstić information content (AvgIpc) is 3.04. The molecule has 174 valence electrons. The molecule has 2 aliphatic heterocycles. The number of benzene rings is 2. The van der Waals surface area contributed by atoms with Crippen molar-refractivity contribution in [1.82, 2.24) is 15.1 Å². The highest BCUT2D eigenvalue weighted by atomic mass is 35.5. The molecule has 0 spiro atoms. The van der Waals surface area contributed by atoms with Gasteiger partial charge in [0.2, 0.25) is 0 Å². The summed E-state index contributed by atoms with van der Waals surface area (Å²) in [5.41, 5.74) is -0.0317. The summed E-state index contributed by atoms with van der Waals surface area (Å²) in [6.45, 7) is 4.09. The molecule has 2 saturated heterocycles. The highest BCUT2D eigenvalue weighted by molar-refractivity contribution is 6.31. The van der Waals surface area contributed by atoms with E-state index in [9.17, 15) is 19.7 Å². The number of hydrogen-bond donors (Lipinski definition) is 1. The second kappa shape index (κ2) is 9.17. The molecule has 0 radical (unpaired) electrons. The number of amides is 3. The maximum absolute atomic E-state index is 13.4. The van der Waals surface area contributed by atoms with Crippen molar-refractivity contribution in [2.75, 3.05) is 37.7 Å². The van der Waals surface area contributed by atoms with Gasteiger partial charge >= 0.3 is 6.03 Å². The third kappa shape index (κ3) is 4.36. The molecule has 0 saturated carbocycles. The first-order valence-electron chi connectivity index (χ1n) is 10.6. The van der Waals surface area contributed by atoms with Crippen LogP contribution in [0.1, 0.15) is 18.9 Å². The number of carbonyl (C=O) groups excluding carboxylic acids is 2. The standard InChI is InChI=1S/C22H23Cl2N5O4/c1-2-22(15-4-3-5-16(23)12-15)20(30)28(21(31)25-22)14-26-8-10-27(11-9-26)18-7-6-17(24)13-19(18)29(32)33/h3-7,12-13H,2,8-11,14H2,1H3,(H,25,31). The van der Waals surface area contributed by atoms with Gasteiger partial charge in [-0.15, -0.1) is 0 Å². The predicted octanol–water partition coefficient (Wildman–Crippen LogP) is 3.84. The molecular weight excluding hydrogens is 469 g/mol. The molecule has 2 aliphatic rings. The van der Waals surface area contributed by atoms with Crippen LogP contribution in [-0.2, 0) is 10.3 Å². The molecule has 0 aromatic heterocycles. The maximum Gasteiger partial charge on any atom is 0.326 e. The first kappa shape index (κ1) is 23.3. The van der Waals surface area contributed by atoms with E-state index in [2.05, 4.69) is 5.32 Å². The van der Waals surface area contributed by atoms with Crippen LogP contribution in [0, 0.1) is 10.1 Å². The Bertz CT molecular complexity index is 1110.